The van der Waals surface area contributed by atoms with Crippen LogP contribution in [-0.4, -0.2) is 30.5 Å². The summed E-state index contributed by atoms with van der Waals surface area (Å²) in [6.07, 6.45) is 3.68. The van der Waals surface area contributed by atoms with E-state index in [0.29, 0.717) is 6.04 Å². The summed E-state index contributed by atoms with van der Waals surface area (Å²) in [6, 6.07) is 0.640. The smallest absolute Gasteiger partial charge is 0.118 e. The van der Waals surface area contributed by atoms with Crippen LogP contribution < -0.4 is 10.6 Å². The maximum absolute atomic E-state index is 5.87. The molecule has 3 nitrogen and oxygen atoms in total. The fourth-order valence-corrected chi connectivity index (χ4v) is 2.64. The van der Waals surface area contributed by atoms with Gasteiger partial charge in [-0.3, -0.25) is 5.32 Å². The van der Waals surface area contributed by atoms with Crippen molar-refractivity contribution in [1.82, 2.24) is 10.6 Å². The molecule has 0 saturated carbocycles. The van der Waals surface area contributed by atoms with E-state index in [1.807, 2.05) is 0 Å². The Kier molecular flexibility index (Phi) is 2.58. The second kappa shape index (κ2) is 3.47. The summed E-state index contributed by atoms with van der Waals surface area (Å²) in [5.41, 5.74) is 0.0128. The van der Waals surface area contributed by atoms with Crippen molar-refractivity contribution in [3.8, 4) is 0 Å². The van der Waals surface area contributed by atoms with E-state index in [0.717, 1.165) is 13.0 Å². The Morgan fingerprint density at radius 1 is 1.36 bits per heavy atom. The number of hydrogen-bond donors (Lipinski definition) is 2. The van der Waals surface area contributed by atoms with Gasteiger partial charge >= 0.3 is 0 Å². The van der Waals surface area contributed by atoms with Crippen molar-refractivity contribution in [1.29, 1.82) is 0 Å². The van der Waals surface area contributed by atoms with Gasteiger partial charge in [-0.15, -0.1) is 0 Å². The molecule has 0 aliphatic carbocycles. The van der Waals surface area contributed by atoms with Gasteiger partial charge in [0, 0.05) is 18.0 Å². The van der Waals surface area contributed by atoms with E-state index in [1.54, 1.807) is 0 Å². The van der Waals surface area contributed by atoms with E-state index in [9.17, 15) is 0 Å². The molecule has 0 bridgehead atoms. The minimum absolute atomic E-state index is 0.120. The molecule has 2 rings (SSSR count). The van der Waals surface area contributed by atoms with Gasteiger partial charge in [0.1, 0.15) is 5.72 Å². The van der Waals surface area contributed by atoms with Gasteiger partial charge in [-0.1, -0.05) is 0 Å². The lowest BCUT2D eigenvalue weighted by Crippen LogP contribution is -2.49. The van der Waals surface area contributed by atoms with Gasteiger partial charge in [-0.25, -0.2) is 0 Å². The normalized spacial score (nSPS) is 41.8. The molecule has 0 amide bonds. The van der Waals surface area contributed by atoms with Crippen LogP contribution in [0, 0.1) is 0 Å². The summed E-state index contributed by atoms with van der Waals surface area (Å²) in [7, 11) is 0. The van der Waals surface area contributed by atoms with Crippen LogP contribution in [0.4, 0.5) is 0 Å². The Hall–Kier alpha value is -0.120. The van der Waals surface area contributed by atoms with Crippen LogP contribution in [0.3, 0.4) is 0 Å². The first-order valence-corrected chi connectivity index (χ1v) is 5.66. The second-order valence-electron chi connectivity index (χ2n) is 5.53. The van der Waals surface area contributed by atoms with E-state index in [-0.39, 0.29) is 11.3 Å². The highest BCUT2D eigenvalue weighted by atomic mass is 16.5. The highest BCUT2D eigenvalue weighted by Gasteiger charge is 2.41. The molecule has 2 heterocycles. The Balaban J connectivity index is 1.90. The summed E-state index contributed by atoms with van der Waals surface area (Å²) in [5, 5.41) is 7.09. The molecule has 0 aromatic rings. The van der Waals surface area contributed by atoms with Crippen LogP contribution in [0.15, 0.2) is 0 Å². The predicted octanol–water partition coefficient (Wildman–Crippen LogP) is 1.24. The molecule has 82 valence electrons. The van der Waals surface area contributed by atoms with Crippen molar-refractivity contribution < 1.29 is 4.74 Å². The minimum atomic E-state index is -0.120. The zero-order chi connectivity index (χ0) is 10.2. The van der Waals surface area contributed by atoms with E-state index in [1.165, 1.54) is 19.4 Å². The molecule has 0 spiro atoms. The van der Waals surface area contributed by atoms with Crippen LogP contribution >= 0.6 is 0 Å². The Morgan fingerprint density at radius 3 is 2.64 bits per heavy atom. The zero-order valence-electron chi connectivity index (χ0n) is 9.52. The number of nitrogens with one attached hydrogen (secondary N) is 2. The molecular formula is C11H22N2O. The zero-order valence-corrected chi connectivity index (χ0v) is 9.52. The molecule has 2 N–H and O–H groups in total. The first-order chi connectivity index (χ1) is 6.49. The van der Waals surface area contributed by atoms with Gasteiger partial charge in [0.2, 0.25) is 0 Å². The van der Waals surface area contributed by atoms with Crippen molar-refractivity contribution in [2.45, 2.75) is 57.3 Å². The van der Waals surface area contributed by atoms with Crippen LogP contribution in [0.1, 0.15) is 40.0 Å². The fraction of sp³-hybridized carbons (Fsp3) is 1.00. The van der Waals surface area contributed by atoms with E-state index in [2.05, 4.69) is 31.4 Å². The summed E-state index contributed by atoms with van der Waals surface area (Å²) < 4.78 is 5.87. The van der Waals surface area contributed by atoms with Crippen LogP contribution in [0.5, 0.6) is 0 Å². The molecule has 2 atom stereocenters. The second-order valence-corrected chi connectivity index (χ2v) is 5.53. The molecule has 0 aromatic carbocycles. The molecule has 14 heavy (non-hydrogen) atoms. The van der Waals surface area contributed by atoms with Gasteiger partial charge in [0.25, 0.3) is 0 Å². The number of hydrogen-bond acceptors (Lipinski definition) is 3. The lowest BCUT2D eigenvalue weighted by molar-refractivity contribution is -0.00721. The first-order valence-electron chi connectivity index (χ1n) is 5.66. The van der Waals surface area contributed by atoms with Crippen molar-refractivity contribution in [3.05, 3.63) is 0 Å². The molecule has 2 saturated heterocycles. The van der Waals surface area contributed by atoms with Crippen LogP contribution in [0.25, 0.3) is 0 Å². The first kappa shape index (κ1) is 10.4. The fourth-order valence-electron chi connectivity index (χ4n) is 2.64. The maximum Gasteiger partial charge on any atom is 0.118 e. The van der Waals surface area contributed by atoms with Gasteiger partial charge < -0.3 is 10.1 Å². The molecule has 0 radical (unpaired) electrons. The van der Waals surface area contributed by atoms with Crippen molar-refractivity contribution >= 4 is 0 Å². The Bertz CT molecular complexity index is 211. The Morgan fingerprint density at radius 2 is 2.14 bits per heavy atom. The lowest BCUT2D eigenvalue weighted by Gasteiger charge is -2.29. The summed E-state index contributed by atoms with van der Waals surface area (Å²) >= 11 is 0. The van der Waals surface area contributed by atoms with Crippen molar-refractivity contribution in [2.24, 2.45) is 0 Å². The lowest BCUT2D eigenvalue weighted by atomic mass is 10.0. The third-order valence-corrected chi connectivity index (χ3v) is 3.15. The molecule has 2 aliphatic heterocycles. The standard InChI is InChI=1S/C11H22N2O/c1-10(2)8-14-11(3,13-10)7-9-5-4-6-12-9/h9,12-13H,4-8H2,1-3H3. The molecule has 2 fully saturated rings. The summed E-state index contributed by atoms with van der Waals surface area (Å²) in [4.78, 5) is 0. The topological polar surface area (TPSA) is 33.3 Å². The van der Waals surface area contributed by atoms with Crippen LogP contribution in [0.2, 0.25) is 0 Å². The van der Waals surface area contributed by atoms with Gasteiger partial charge in [-0.2, -0.15) is 0 Å². The average molecular weight is 198 g/mol. The van der Waals surface area contributed by atoms with Gasteiger partial charge in [0.15, 0.2) is 0 Å². The molecule has 2 aliphatic rings. The Labute approximate surface area is 86.6 Å². The maximum atomic E-state index is 5.87. The molecule has 0 aromatic heterocycles. The highest BCUT2D eigenvalue weighted by molar-refractivity contribution is 4.95. The quantitative estimate of drug-likeness (QED) is 0.700. The van der Waals surface area contributed by atoms with Gasteiger partial charge in [-0.05, 0) is 40.2 Å². The monoisotopic (exact) mass is 198 g/mol. The number of rotatable bonds is 2. The average Bonchev–Trinajstić information content (AvgIpc) is 2.60. The third-order valence-electron chi connectivity index (χ3n) is 3.15. The third kappa shape index (κ3) is 2.27. The minimum Gasteiger partial charge on any atom is -0.359 e. The predicted molar refractivity (Wildman–Crippen MR) is 57.2 cm³/mol. The van der Waals surface area contributed by atoms with E-state index in [4.69, 9.17) is 4.74 Å². The van der Waals surface area contributed by atoms with Gasteiger partial charge in [0.05, 0.1) is 6.61 Å². The van der Waals surface area contributed by atoms with E-state index < -0.39 is 0 Å². The number of ether oxygens (including phenoxy) is 1. The largest absolute Gasteiger partial charge is 0.359 e. The van der Waals surface area contributed by atoms with Crippen molar-refractivity contribution in [3.63, 3.8) is 0 Å². The summed E-state index contributed by atoms with van der Waals surface area (Å²) in [5.74, 6) is 0. The molecule has 2 unspecified atom stereocenters. The van der Waals surface area contributed by atoms with Crippen LogP contribution in [-0.2, 0) is 4.74 Å². The molecular weight excluding hydrogens is 176 g/mol. The summed E-state index contributed by atoms with van der Waals surface area (Å²) in [6.45, 7) is 8.54. The van der Waals surface area contributed by atoms with E-state index >= 15 is 0 Å². The highest BCUT2D eigenvalue weighted by Crippen LogP contribution is 2.28. The SMILES string of the molecule is CC1(C)COC(C)(CC2CCCN2)N1. The van der Waals surface area contributed by atoms with Crippen molar-refractivity contribution in [2.75, 3.05) is 13.2 Å². The molecule has 3 heteroatoms.